The summed E-state index contributed by atoms with van der Waals surface area (Å²) in [5.41, 5.74) is -0.604. The van der Waals surface area contributed by atoms with Gasteiger partial charge in [-0.1, -0.05) is 12.1 Å². The molecule has 0 bridgehead atoms. The molecule has 0 fully saturated rings. The number of aromatic nitrogens is 2. The molecule has 2 heterocycles. The fraction of sp³-hybridized carbons (Fsp3) is 0.316. The first-order valence-corrected chi connectivity index (χ1v) is 8.80. The molecular formula is C19H16F3N5O3. The minimum Gasteiger partial charge on any atom is -0.324 e. The van der Waals surface area contributed by atoms with Gasteiger partial charge >= 0.3 is 6.18 Å². The lowest BCUT2D eigenvalue weighted by molar-refractivity contribution is -0.158. The van der Waals surface area contributed by atoms with Crippen LogP contribution in [-0.4, -0.2) is 33.8 Å². The van der Waals surface area contributed by atoms with Crippen molar-refractivity contribution in [1.82, 2.24) is 9.78 Å². The molecule has 0 radical (unpaired) electrons. The van der Waals surface area contributed by atoms with Gasteiger partial charge in [0, 0.05) is 0 Å². The Bertz CT molecular complexity index is 1130. The van der Waals surface area contributed by atoms with Crippen molar-refractivity contribution < 1.29 is 22.8 Å². The van der Waals surface area contributed by atoms with E-state index in [-0.39, 0.29) is 16.9 Å². The van der Waals surface area contributed by atoms with Crippen molar-refractivity contribution in [3.05, 3.63) is 51.4 Å². The SMILES string of the molecule is Cc1nn(CC(=O)N2c3ccccc3NC(=O)C[C@@H]2C(F)(F)F)c(=O)c(C#N)c1C. The van der Waals surface area contributed by atoms with Gasteiger partial charge in [-0.3, -0.25) is 19.3 Å². The summed E-state index contributed by atoms with van der Waals surface area (Å²) in [5, 5.41) is 15.5. The quantitative estimate of drug-likeness (QED) is 0.802. The van der Waals surface area contributed by atoms with Gasteiger partial charge < -0.3 is 5.32 Å². The lowest BCUT2D eigenvalue weighted by Gasteiger charge is -2.31. The second-order valence-corrected chi connectivity index (χ2v) is 6.75. The Morgan fingerprint density at radius 1 is 1.30 bits per heavy atom. The lowest BCUT2D eigenvalue weighted by Crippen LogP contribution is -2.51. The first-order chi connectivity index (χ1) is 14.0. The van der Waals surface area contributed by atoms with Crippen LogP contribution in [0.4, 0.5) is 24.5 Å². The minimum atomic E-state index is -4.90. The Morgan fingerprint density at radius 3 is 2.60 bits per heavy atom. The number of anilines is 2. The van der Waals surface area contributed by atoms with Crippen LogP contribution in [0.15, 0.2) is 29.1 Å². The number of para-hydroxylation sites is 2. The Kier molecular flexibility index (Phi) is 5.35. The van der Waals surface area contributed by atoms with Crippen LogP contribution >= 0.6 is 0 Å². The van der Waals surface area contributed by atoms with Gasteiger partial charge in [0.25, 0.3) is 5.56 Å². The van der Waals surface area contributed by atoms with Crippen molar-refractivity contribution in [2.45, 2.75) is 39.0 Å². The molecule has 1 aromatic carbocycles. The smallest absolute Gasteiger partial charge is 0.324 e. The van der Waals surface area contributed by atoms with Gasteiger partial charge in [-0.2, -0.15) is 23.5 Å². The van der Waals surface area contributed by atoms with Crippen LogP contribution in [-0.2, 0) is 16.1 Å². The number of fused-ring (bicyclic) bond motifs is 1. The molecule has 0 saturated heterocycles. The molecule has 156 valence electrons. The number of amides is 2. The number of halogens is 3. The summed E-state index contributed by atoms with van der Waals surface area (Å²) in [4.78, 5) is 37.9. The average Bonchev–Trinajstić information content (AvgIpc) is 2.82. The maximum Gasteiger partial charge on any atom is 0.409 e. The van der Waals surface area contributed by atoms with Crippen molar-refractivity contribution in [3.63, 3.8) is 0 Å². The number of nitrogens with zero attached hydrogens (tertiary/aromatic N) is 4. The van der Waals surface area contributed by atoms with E-state index < -0.39 is 42.6 Å². The summed E-state index contributed by atoms with van der Waals surface area (Å²) in [6, 6.07) is 4.89. The van der Waals surface area contributed by atoms with Gasteiger partial charge in [0.2, 0.25) is 11.8 Å². The molecule has 2 amide bonds. The highest BCUT2D eigenvalue weighted by molar-refractivity contribution is 6.04. The fourth-order valence-electron chi connectivity index (χ4n) is 3.21. The van der Waals surface area contributed by atoms with E-state index in [1.807, 2.05) is 0 Å². The highest BCUT2D eigenvalue weighted by Gasteiger charge is 2.49. The van der Waals surface area contributed by atoms with Gasteiger partial charge in [0.1, 0.15) is 24.2 Å². The number of carbonyl (C=O) groups is 2. The summed E-state index contributed by atoms with van der Waals surface area (Å²) in [7, 11) is 0. The van der Waals surface area contributed by atoms with Crippen molar-refractivity contribution >= 4 is 23.2 Å². The number of benzene rings is 1. The van der Waals surface area contributed by atoms with Gasteiger partial charge in [0.15, 0.2) is 0 Å². The molecule has 0 saturated carbocycles. The second kappa shape index (κ2) is 7.62. The summed E-state index contributed by atoms with van der Waals surface area (Å²) in [5.74, 6) is -1.99. The summed E-state index contributed by atoms with van der Waals surface area (Å²) < 4.78 is 41.9. The van der Waals surface area contributed by atoms with E-state index in [1.165, 1.54) is 38.1 Å². The van der Waals surface area contributed by atoms with Crippen LogP contribution in [0.2, 0.25) is 0 Å². The van der Waals surface area contributed by atoms with E-state index in [4.69, 9.17) is 0 Å². The first-order valence-electron chi connectivity index (χ1n) is 8.80. The van der Waals surface area contributed by atoms with Gasteiger partial charge in [0.05, 0.1) is 23.5 Å². The van der Waals surface area contributed by atoms with E-state index in [9.17, 15) is 32.8 Å². The zero-order valence-corrected chi connectivity index (χ0v) is 15.9. The van der Waals surface area contributed by atoms with Crippen LogP contribution in [0.1, 0.15) is 23.2 Å². The van der Waals surface area contributed by atoms with Crippen LogP contribution in [0.3, 0.4) is 0 Å². The monoisotopic (exact) mass is 419 g/mol. The number of nitriles is 1. The Labute approximate surface area is 168 Å². The fourth-order valence-corrected chi connectivity index (χ4v) is 3.21. The van der Waals surface area contributed by atoms with Crippen LogP contribution in [0, 0.1) is 25.2 Å². The molecule has 0 unspecified atom stereocenters. The highest BCUT2D eigenvalue weighted by atomic mass is 19.4. The Morgan fingerprint density at radius 2 is 1.97 bits per heavy atom. The number of carbonyl (C=O) groups excluding carboxylic acids is 2. The highest BCUT2D eigenvalue weighted by Crippen LogP contribution is 2.37. The topological polar surface area (TPSA) is 108 Å². The number of hydrogen-bond acceptors (Lipinski definition) is 5. The van der Waals surface area contributed by atoms with Crippen LogP contribution < -0.4 is 15.8 Å². The van der Waals surface area contributed by atoms with E-state index in [0.717, 1.165) is 0 Å². The lowest BCUT2D eigenvalue weighted by atomic mass is 10.1. The molecule has 2 aromatic rings. The predicted octanol–water partition coefficient (Wildman–Crippen LogP) is 2.04. The predicted molar refractivity (Wildman–Crippen MR) is 99.7 cm³/mol. The maximum absolute atomic E-state index is 13.8. The minimum absolute atomic E-state index is 0.0423. The zero-order valence-electron chi connectivity index (χ0n) is 15.9. The van der Waals surface area contributed by atoms with E-state index in [0.29, 0.717) is 20.8 Å². The van der Waals surface area contributed by atoms with Crippen molar-refractivity contribution in [3.8, 4) is 6.07 Å². The number of aryl methyl sites for hydroxylation is 1. The normalized spacial score (nSPS) is 16.3. The molecule has 30 heavy (non-hydrogen) atoms. The molecule has 0 aliphatic carbocycles. The molecule has 11 heteroatoms. The van der Waals surface area contributed by atoms with E-state index >= 15 is 0 Å². The van der Waals surface area contributed by atoms with Crippen molar-refractivity contribution in [2.24, 2.45) is 0 Å². The molecule has 1 atom stereocenters. The van der Waals surface area contributed by atoms with Crippen LogP contribution in [0.5, 0.6) is 0 Å². The van der Waals surface area contributed by atoms with Crippen LogP contribution in [0.25, 0.3) is 0 Å². The summed E-state index contributed by atoms with van der Waals surface area (Å²) in [6.07, 6.45) is -5.90. The molecule has 1 aliphatic rings. The van der Waals surface area contributed by atoms with Gasteiger partial charge in [-0.15, -0.1) is 0 Å². The molecule has 1 aromatic heterocycles. The molecule has 1 aliphatic heterocycles. The zero-order chi connectivity index (χ0) is 22.2. The first kappa shape index (κ1) is 21.0. The summed E-state index contributed by atoms with van der Waals surface area (Å²) in [6.45, 7) is 2.19. The second-order valence-electron chi connectivity index (χ2n) is 6.75. The summed E-state index contributed by atoms with van der Waals surface area (Å²) >= 11 is 0. The Balaban J connectivity index is 2.11. The van der Waals surface area contributed by atoms with E-state index in [1.54, 1.807) is 6.07 Å². The molecule has 8 nitrogen and oxygen atoms in total. The van der Waals surface area contributed by atoms with E-state index in [2.05, 4.69) is 10.4 Å². The van der Waals surface area contributed by atoms with Gasteiger partial charge in [-0.05, 0) is 31.5 Å². The van der Waals surface area contributed by atoms with Crippen molar-refractivity contribution in [2.75, 3.05) is 10.2 Å². The Hall–Kier alpha value is -3.68. The molecule has 0 spiro atoms. The third kappa shape index (κ3) is 3.76. The number of nitrogens with one attached hydrogen (secondary N) is 1. The van der Waals surface area contributed by atoms with Crippen molar-refractivity contribution in [1.29, 1.82) is 5.26 Å². The molecular weight excluding hydrogens is 403 g/mol. The largest absolute Gasteiger partial charge is 0.409 e. The number of alkyl halides is 3. The third-order valence-corrected chi connectivity index (χ3v) is 4.81. The van der Waals surface area contributed by atoms with Gasteiger partial charge in [-0.25, -0.2) is 4.68 Å². The third-order valence-electron chi connectivity index (χ3n) is 4.81. The number of hydrogen-bond donors (Lipinski definition) is 1. The molecule has 1 N–H and O–H groups in total. The standard InChI is InChI=1S/C19H16F3N5O3/c1-10-11(2)25-26(18(30)12(10)8-23)9-17(29)27-14-6-4-3-5-13(14)24-16(28)7-15(27)19(20,21)22/h3-6,15H,7,9H2,1-2H3,(H,24,28)/t15-/m1/s1. The molecule has 3 rings (SSSR count). The number of rotatable bonds is 2. The average molecular weight is 419 g/mol. The maximum atomic E-state index is 13.8.